The van der Waals surface area contributed by atoms with E-state index in [4.69, 9.17) is 9.47 Å². The number of hydrogen-bond donors (Lipinski definition) is 2. The van der Waals surface area contributed by atoms with Gasteiger partial charge in [0.1, 0.15) is 12.4 Å². The maximum Gasteiger partial charge on any atom is 0.286 e. The van der Waals surface area contributed by atoms with E-state index in [1.807, 2.05) is 45.0 Å². The first-order chi connectivity index (χ1) is 15.9. The summed E-state index contributed by atoms with van der Waals surface area (Å²) in [6.07, 6.45) is 0.931. The van der Waals surface area contributed by atoms with Crippen LogP contribution in [0.2, 0.25) is 0 Å². The summed E-state index contributed by atoms with van der Waals surface area (Å²) in [5.41, 5.74) is 2.23. The van der Waals surface area contributed by atoms with Gasteiger partial charge in [-0.05, 0) is 63.6 Å². The van der Waals surface area contributed by atoms with Crippen molar-refractivity contribution in [3.63, 3.8) is 0 Å². The van der Waals surface area contributed by atoms with Crippen LogP contribution in [0, 0.1) is 6.92 Å². The van der Waals surface area contributed by atoms with Crippen LogP contribution >= 0.6 is 11.3 Å². The molecule has 0 saturated heterocycles. The Hall–Kier alpha value is -3.30. The van der Waals surface area contributed by atoms with Crippen molar-refractivity contribution in [3.8, 4) is 5.75 Å². The summed E-state index contributed by atoms with van der Waals surface area (Å²) in [6, 6.07) is 14.4. The number of aryl methyl sites for hydroxylation is 1. The van der Waals surface area contributed by atoms with Crippen molar-refractivity contribution in [3.05, 3.63) is 69.7 Å². The summed E-state index contributed by atoms with van der Waals surface area (Å²) in [5.74, 6) is 0.200. The lowest BCUT2D eigenvalue weighted by atomic mass is 10.2. The highest BCUT2D eigenvalue weighted by Crippen LogP contribution is 2.17. The van der Waals surface area contributed by atoms with E-state index in [0.29, 0.717) is 29.4 Å². The van der Waals surface area contributed by atoms with Crippen LogP contribution in [0.4, 0.5) is 5.69 Å². The Balaban J connectivity index is 1.45. The first-order valence-electron chi connectivity index (χ1n) is 10.7. The summed E-state index contributed by atoms with van der Waals surface area (Å²) >= 11 is 1.17. The third kappa shape index (κ3) is 7.96. The molecule has 1 aromatic heterocycles. The third-order valence-corrected chi connectivity index (χ3v) is 5.40. The van der Waals surface area contributed by atoms with Crippen LogP contribution in [0.1, 0.15) is 51.0 Å². The van der Waals surface area contributed by atoms with Gasteiger partial charge in [0, 0.05) is 24.4 Å². The number of carbonyl (C=O) groups is 2. The molecule has 3 aromatic rings. The summed E-state index contributed by atoms with van der Waals surface area (Å²) in [4.78, 5) is 24.7. The number of hydrogen-bond acceptors (Lipinski definition) is 7. The molecule has 0 aliphatic rings. The Kier molecular flexibility index (Phi) is 8.91. The smallest absolute Gasteiger partial charge is 0.286 e. The van der Waals surface area contributed by atoms with E-state index >= 15 is 0 Å². The number of ether oxygens (including phenoxy) is 2. The standard InChI is InChI=1S/C24H28N4O4S/c1-16(2)31-14-4-13-25-22(29)18-7-9-19(10-8-18)26-23(30)24-28-27-21(33-24)15-32-20-11-5-17(3)6-12-20/h5-12,16H,4,13-15H2,1-3H3,(H,25,29)(H,26,30). The fourth-order valence-electron chi connectivity index (χ4n) is 2.77. The van der Waals surface area contributed by atoms with Crippen LogP contribution in [0.25, 0.3) is 0 Å². The second-order valence-corrected chi connectivity index (χ2v) is 8.73. The Morgan fingerprint density at radius 1 is 1.00 bits per heavy atom. The number of anilines is 1. The van der Waals surface area contributed by atoms with Crippen molar-refractivity contribution in [2.45, 2.75) is 39.9 Å². The predicted molar refractivity (Wildman–Crippen MR) is 128 cm³/mol. The fourth-order valence-corrected chi connectivity index (χ4v) is 3.42. The molecule has 3 rings (SSSR count). The molecule has 8 nitrogen and oxygen atoms in total. The minimum absolute atomic E-state index is 0.167. The molecule has 2 amide bonds. The molecule has 2 aromatic carbocycles. The predicted octanol–water partition coefficient (Wildman–Crippen LogP) is 4.22. The van der Waals surface area contributed by atoms with Gasteiger partial charge in [-0.15, -0.1) is 10.2 Å². The Morgan fingerprint density at radius 2 is 1.73 bits per heavy atom. The van der Waals surface area contributed by atoms with E-state index in [9.17, 15) is 9.59 Å². The molecule has 33 heavy (non-hydrogen) atoms. The Labute approximate surface area is 197 Å². The second-order valence-electron chi connectivity index (χ2n) is 7.66. The van der Waals surface area contributed by atoms with E-state index < -0.39 is 0 Å². The van der Waals surface area contributed by atoms with Crippen LogP contribution in [-0.4, -0.2) is 41.3 Å². The van der Waals surface area contributed by atoms with Crippen molar-refractivity contribution in [1.29, 1.82) is 0 Å². The lowest BCUT2D eigenvalue weighted by Gasteiger charge is -2.09. The molecule has 0 atom stereocenters. The lowest BCUT2D eigenvalue weighted by molar-refractivity contribution is 0.0757. The molecule has 0 aliphatic heterocycles. The maximum atomic E-state index is 12.5. The zero-order valence-electron chi connectivity index (χ0n) is 19.0. The van der Waals surface area contributed by atoms with Crippen LogP contribution in [0.15, 0.2) is 48.5 Å². The summed E-state index contributed by atoms with van der Waals surface area (Å²) < 4.78 is 11.1. The minimum Gasteiger partial charge on any atom is -0.486 e. The molecule has 0 saturated carbocycles. The number of aromatic nitrogens is 2. The highest BCUT2D eigenvalue weighted by molar-refractivity contribution is 7.13. The number of benzene rings is 2. The van der Waals surface area contributed by atoms with Crippen LogP contribution in [0.5, 0.6) is 5.75 Å². The van der Waals surface area contributed by atoms with Crippen molar-refractivity contribution in [1.82, 2.24) is 15.5 Å². The number of amides is 2. The third-order valence-electron chi connectivity index (χ3n) is 4.51. The van der Waals surface area contributed by atoms with Gasteiger partial charge >= 0.3 is 0 Å². The zero-order chi connectivity index (χ0) is 23.6. The maximum absolute atomic E-state index is 12.5. The summed E-state index contributed by atoms with van der Waals surface area (Å²) in [7, 11) is 0. The van der Waals surface area contributed by atoms with Gasteiger partial charge in [-0.3, -0.25) is 9.59 Å². The molecule has 0 unspecified atom stereocenters. The van der Waals surface area contributed by atoms with Gasteiger partial charge in [-0.25, -0.2) is 0 Å². The highest BCUT2D eigenvalue weighted by atomic mass is 32.1. The first kappa shape index (κ1) is 24.3. The van der Waals surface area contributed by atoms with Gasteiger partial charge in [-0.1, -0.05) is 29.0 Å². The molecule has 0 radical (unpaired) electrons. The molecule has 0 spiro atoms. The largest absolute Gasteiger partial charge is 0.486 e. The van der Waals surface area contributed by atoms with E-state index in [0.717, 1.165) is 17.7 Å². The van der Waals surface area contributed by atoms with E-state index in [2.05, 4.69) is 20.8 Å². The summed E-state index contributed by atoms with van der Waals surface area (Å²) in [5, 5.41) is 14.4. The zero-order valence-corrected chi connectivity index (χ0v) is 19.8. The van der Waals surface area contributed by atoms with Crippen molar-refractivity contribution in [2.75, 3.05) is 18.5 Å². The average Bonchev–Trinajstić information content (AvgIpc) is 3.28. The SMILES string of the molecule is Cc1ccc(OCc2nnc(C(=O)Nc3ccc(C(=O)NCCCOC(C)C)cc3)s2)cc1. The molecule has 0 bridgehead atoms. The normalized spacial score (nSPS) is 10.8. The summed E-state index contributed by atoms with van der Waals surface area (Å²) in [6.45, 7) is 7.34. The lowest BCUT2D eigenvalue weighted by Crippen LogP contribution is -2.25. The number of nitrogens with zero attached hydrogens (tertiary/aromatic N) is 2. The molecule has 174 valence electrons. The minimum atomic E-state index is -0.364. The van der Waals surface area contributed by atoms with Crippen LogP contribution in [0.3, 0.4) is 0 Å². The Morgan fingerprint density at radius 3 is 2.42 bits per heavy atom. The van der Waals surface area contributed by atoms with Gasteiger partial charge in [0.2, 0.25) is 5.01 Å². The monoisotopic (exact) mass is 468 g/mol. The second kappa shape index (κ2) is 12.1. The van der Waals surface area contributed by atoms with Gasteiger partial charge in [-0.2, -0.15) is 0 Å². The average molecular weight is 469 g/mol. The van der Waals surface area contributed by atoms with Gasteiger partial charge in [0.25, 0.3) is 11.8 Å². The topological polar surface area (TPSA) is 102 Å². The van der Waals surface area contributed by atoms with Gasteiger partial charge < -0.3 is 20.1 Å². The van der Waals surface area contributed by atoms with E-state index in [1.54, 1.807) is 24.3 Å². The Bertz CT molecular complexity index is 1050. The number of carbonyl (C=O) groups excluding carboxylic acids is 2. The highest BCUT2D eigenvalue weighted by Gasteiger charge is 2.14. The van der Waals surface area contributed by atoms with Crippen LogP contribution < -0.4 is 15.4 Å². The van der Waals surface area contributed by atoms with E-state index in [-0.39, 0.29) is 29.5 Å². The quantitative estimate of drug-likeness (QED) is 0.409. The molecule has 2 N–H and O–H groups in total. The van der Waals surface area contributed by atoms with Crippen molar-refractivity contribution in [2.24, 2.45) is 0 Å². The number of rotatable bonds is 11. The van der Waals surface area contributed by atoms with Gasteiger partial charge in [0.15, 0.2) is 5.01 Å². The van der Waals surface area contributed by atoms with Crippen molar-refractivity contribution < 1.29 is 19.1 Å². The van der Waals surface area contributed by atoms with Crippen LogP contribution in [-0.2, 0) is 11.3 Å². The van der Waals surface area contributed by atoms with Crippen molar-refractivity contribution >= 4 is 28.8 Å². The molecular weight excluding hydrogens is 440 g/mol. The fraction of sp³-hybridized carbons (Fsp3) is 0.333. The molecule has 0 fully saturated rings. The molecular formula is C24H28N4O4S. The van der Waals surface area contributed by atoms with E-state index in [1.165, 1.54) is 11.3 Å². The molecule has 0 aliphatic carbocycles. The number of nitrogens with one attached hydrogen (secondary N) is 2. The molecule has 1 heterocycles. The molecule has 9 heteroatoms. The first-order valence-corrected chi connectivity index (χ1v) is 11.6. The van der Waals surface area contributed by atoms with Gasteiger partial charge in [0.05, 0.1) is 6.10 Å².